The minimum atomic E-state index is 0.464. The molecule has 0 saturated carbocycles. The highest BCUT2D eigenvalue weighted by Gasteiger charge is 2.27. The third-order valence-electron chi connectivity index (χ3n) is 3.64. The van der Waals surface area contributed by atoms with Gasteiger partial charge in [-0.05, 0) is 33.2 Å². The van der Waals surface area contributed by atoms with Crippen molar-refractivity contribution in [2.24, 2.45) is 7.05 Å². The first kappa shape index (κ1) is 12.9. The molecule has 1 N–H and O–H groups in total. The molecular weight excluding hydrogens is 226 g/mol. The average Bonchev–Trinajstić information content (AvgIpc) is 2.64. The van der Waals surface area contributed by atoms with Gasteiger partial charge in [0, 0.05) is 26.2 Å². The molecule has 98 valence electrons. The SMILES string of the molecule is CNCC1CCCCN1c1c(C#N)c(C)nn1C. The Kier molecular flexibility index (Phi) is 3.87. The number of piperidine rings is 1. The normalized spacial score (nSPS) is 19.9. The van der Waals surface area contributed by atoms with Gasteiger partial charge in [0.15, 0.2) is 0 Å². The van der Waals surface area contributed by atoms with Gasteiger partial charge in [-0.1, -0.05) is 0 Å². The van der Waals surface area contributed by atoms with Crippen molar-refractivity contribution in [3.63, 3.8) is 0 Å². The standard InChI is InChI=1S/C13H21N5/c1-10-12(8-14)13(17(3)16-10)18-7-5-4-6-11(18)9-15-2/h11,15H,4-7,9H2,1-3H3. The van der Waals surface area contributed by atoms with Gasteiger partial charge in [-0.15, -0.1) is 0 Å². The van der Waals surface area contributed by atoms with E-state index in [1.165, 1.54) is 19.3 Å². The monoisotopic (exact) mass is 247 g/mol. The summed E-state index contributed by atoms with van der Waals surface area (Å²) in [5, 5.41) is 16.9. The van der Waals surface area contributed by atoms with Crippen LogP contribution in [0.25, 0.3) is 0 Å². The van der Waals surface area contributed by atoms with Gasteiger partial charge in [0.1, 0.15) is 17.5 Å². The van der Waals surface area contributed by atoms with Crippen LogP contribution in [0.2, 0.25) is 0 Å². The van der Waals surface area contributed by atoms with Crippen LogP contribution in [0.3, 0.4) is 0 Å². The maximum absolute atomic E-state index is 9.31. The molecule has 18 heavy (non-hydrogen) atoms. The maximum Gasteiger partial charge on any atom is 0.145 e. The molecule has 1 unspecified atom stereocenters. The lowest BCUT2D eigenvalue weighted by Crippen LogP contribution is -2.46. The third kappa shape index (κ3) is 2.21. The van der Waals surface area contributed by atoms with Crippen LogP contribution in [0.5, 0.6) is 0 Å². The fourth-order valence-corrected chi connectivity index (χ4v) is 2.83. The van der Waals surface area contributed by atoms with Gasteiger partial charge in [0.25, 0.3) is 0 Å². The van der Waals surface area contributed by atoms with E-state index >= 15 is 0 Å². The van der Waals surface area contributed by atoms with E-state index in [-0.39, 0.29) is 0 Å². The molecule has 1 atom stereocenters. The van der Waals surface area contributed by atoms with Crippen molar-refractivity contribution >= 4 is 5.82 Å². The molecule has 1 fully saturated rings. The molecule has 0 radical (unpaired) electrons. The molecule has 1 aromatic heterocycles. The van der Waals surface area contributed by atoms with Crippen LogP contribution in [-0.2, 0) is 7.05 Å². The van der Waals surface area contributed by atoms with Gasteiger partial charge in [-0.25, -0.2) is 0 Å². The minimum absolute atomic E-state index is 0.464. The van der Waals surface area contributed by atoms with Crippen molar-refractivity contribution in [1.82, 2.24) is 15.1 Å². The molecule has 1 saturated heterocycles. The van der Waals surface area contributed by atoms with Gasteiger partial charge < -0.3 is 10.2 Å². The van der Waals surface area contributed by atoms with E-state index in [4.69, 9.17) is 0 Å². The predicted molar refractivity (Wildman–Crippen MR) is 71.6 cm³/mol. The fraction of sp³-hybridized carbons (Fsp3) is 0.692. The summed E-state index contributed by atoms with van der Waals surface area (Å²) in [5.74, 6) is 0.981. The van der Waals surface area contributed by atoms with E-state index in [0.29, 0.717) is 6.04 Å². The van der Waals surface area contributed by atoms with Crippen molar-refractivity contribution in [2.75, 3.05) is 25.0 Å². The number of likely N-dealkylation sites (N-methyl/N-ethyl adjacent to an activating group) is 1. The summed E-state index contributed by atoms with van der Waals surface area (Å²) in [6.07, 6.45) is 3.63. The molecule has 5 nitrogen and oxygen atoms in total. The number of aromatic nitrogens is 2. The summed E-state index contributed by atoms with van der Waals surface area (Å²) in [7, 11) is 3.90. The molecule has 1 aromatic rings. The molecule has 2 heterocycles. The first-order valence-corrected chi connectivity index (χ1v) is 6.54. The van der Waals surface area contributed by atoms with Crippen LogP contribution >= 0.6 is 0 Å². The zero-order valence-electron chi connectivity index (χ0n) is 11.4. The molecule has 0 spiro atoms. The second-order valence-electron chi connectivity index (χ2n) is 4.92. The fourth-order valence-electron chi connectivity index (χ4n) is 2.83. The Balaban J connectivity index is 2.36. The number of nitriles is 1. The number of anilines is 1. The Morgan fingerprint density at radius 2 is 2.28 bits per heavy atom. The smallest absolute Gasteiger partial charge is 0.145 e. The Hall–Kier alpha value is -1.54. The number of rotatable bonds is 3. The van der Waals surface area contributed by atoms with E-state index in [1.54, 1.807) is 0 Å². The second kappa shape index (κ2) is 5.40. The van der Waals surface area contributed by atoms with Crippen LogP contribution in [0.1, 0.15) is 30.5 Å². The van der Waals surface area contributed by atoms with Crippen molar-refractivity contribution in [3.8, 4) is 6.07 Å². The highest BCUT2D eigenvalue weighted by molar-refractivity contribution is 5.57. The number of hydrogen-bond donors (Lipinski definition) is 1. The van der Waals surface area contributed by atoms with E-state index < -0.39 is 0 Å². The number of hydrogen-bond acceptors (Lipinski definition) is 4. The van der Waals surface area contributed by atoms with E-state index in [0.717, 1.165) is 30.2 Å². The molecular formula is C13H21N5. The zero-order chi connectivity index (χ0) is 13.1. The van der Waals surface area contributed by atoms with Crippen LogP contribution < -0.4 is 10.2 Å². The lowest BCUT2D eigenvalue weighted by molar-refractivity contribution is 0.438. The summed E-state index contributed by atoms with van der Waals surface area (Å²) in [6, 6.07) is 2.76. The quantitative estimate of drug-likeness (QED) is 0.871. The van der Waals surface area contributed by atoms with Gasteiger partial charge in [0.2, 0.25) is 0 Å². The van der Waals surface area contributed by atoms with E-state index in [9.17, 15) is 5.26 Å². The Morgan fingerprint density at radius 3 is 2.94 bits per heavy atom. The largest absolute Gasteiger partial charge is 0.351 e. The van der Waals surface area contributed by atoms with Gasteiger partial charge in [-0.3, -0.25) is 4.68 Å². The number of nitrogens with zero attached hydrogens (tertiary/aromatic N) is 4. The summed E-state index contributed by atoms with van der Waals surface area (Å²) in [5.41, 5.74) is 1.55. The van der Waals surface area contributed by atoms with Crippen molar-refractivity contribution in [2.45, 2.75) is 32.2 Å². The van der Waals surface area contributed by atoms with E-state index in [2.05, 4.69) is 21.4 Å². The van der Waals surface area contributed by atoms with Crippen LogP contribution in [0.15, 0.2) is 0 Å². The number of nitrogens with one attached hydrogen (secondary N) is 1. The minimum Gasteiger partial charge on any atom is -0.351 e. The lowest BCUT2D eigenvalue weighted by atomic mass is 10.0. The summed E-state index contributed by atoms with van der Waals surface area (Å²) in [4.78, 5) is 2.35. The molecule has 0 amide bonds. The lowest BCUT2D eigenvalue weighted by Gasteiger charge is -2.37. The molecule has 0 aromatic carbocycles. The summed E-state index contributed by atoms with van der Waals surface area (Å²) in [6.45, 7) is 3.87. The Bertz CT molecular complexity index is 455. The first-order valence-electron chi connectivity index (χ1n) is 6.54. The molecule has 2 rings (SSSR count). The molecule has 0 aliphatic carbocycles. The zero-order valence-corrected chi connectivity index (χ0v) is 11.4. The molecule has 0 bridgehead atoms. The van der Waals surface area contributed by atoms with E-state index in [1.807, 2.05) is 25.7 Å². The molecule has 1 aliphatic rings. The average molecular weight is 247 g/mol. The Morgan fingerprint density at radius 1 is 1.50 bits per heavy atom. The van der Waals surface area contributed by atoms with Gasteiger partial charge in [-0.2, -0.15) is 10.4 Å². The van der Waals surface area contributed by atoms with Gasteiger partial charge in [0.05, 0.1) is 5.69 Å². The van der Waals surface area contributed by atoms with Crippen LogP contribution in [0.4, 0.5) is 5.82 Å². The topological polar surface area (TPSA) is 56.9 Å². The van der Waals surface area contributed by atoms with Crippen LogP contribution in [-0.4, -0.2) is 36.0 Å². The van der Waals surface area contributed by atoms with Gasteiger partial charge >= 0.3 is 0 Å². The molecule has 5 heteroatoms. The molecule has 1 aliphatic heterocycles. The second-order valence-corrected chi connectivity index (χ2v) is 4.92. The highest BCUT2D eigenvalue weighted by atomic mass is 15.4. The van der Waals surface area contributed by atoms with Crippen LogP contribution in [0, 0.1) is 18.3 Å². The number of aryl methyl sites for hydroxylation is 2. The van der Waals surface area contributed by atoms with Crippen molar-refractivity contribution in [3.05, 3.63) is 11.3 Å². The first-order chi connectivity index (χ1) is 8.69. The third-order valence-corrected chi connectivity index (χ3v) is 3.64. The summed E-state index contributed by atoms with van der Waals surface area (Å²) >= 11 is 0. The predicted octanol–water partition coefficient (Wildman–Crippen LogP) is 1.18. The maximum atomic E-state index is 9.31. The van der Waals surface area contributed by atoms with Crippen molar-refractivity contribution < 1.29 is 0 Å². The summed E-state index contributed by atoms with van der Waals surface area (Å²) < 4.78 is 1.85. The highest BCUT2D eigenvalue weighted by Crippen LogP contribution is 2.28. The Labute approximate surface area is 108 Å². The van der Waals surface area contributed by atoms with Crippen molar-refractivity contribution in [1.29, 1.82) is 5.26 Å².